The first-order chi connectivity index (χ1) is 13.0. The summed E-state index contributed by atoms with van der Waals surface area (Å²) < 4.78 is 6.60. The van der Waals surface area contributed by atoms with Gasteiger partial charge in [0.25, 0.3) is 5.91 Å². The number of carbonyl (C=O) groups is 2. The Hall–Kier alpha value is -3.35. The van der Waals surface area contributed by atoms with E-state index in [1.54, 1.807) is 36.4 Å². The Balaban J connectivity index is 1.71. The number of amides is 2. The number of fused-ring (bicyclic) bond motifs is 1. The van der Waals surface area contributed by atoms with E-state index in [9.17, 15) is 14.4 Å². The number of oxazole rings is 1. The molecule has 0 aliphatic heterocycles. The predicted molar refractivity (Wildman–Crippen MR) is 103 cm³/mol. The number of aryl methyl sites for hydroxylation is 2. The highest BCUT2D eigenvalue weighted by Gasteiger charge is 2.12. The molecule has 0 aliphatic carbocycles. The number of hydrogen-bond donors (Lipinski definition) is 2. The minimum Gasteiger partial charge on any atom is -0.408 e. The second-order valence-electron chi connectivity index (χ2n) is 6.17. The number of hydrogen-bond acceptors (Lipinski definition) is 4. The normalized spacial score (nSPS) is 10.7. The molecular weight excluding hydrogens is 346 g/mol. The molecule has 3 aromatic rings. The molecule has 0 unspecified atom stereocenters. The summed E-state index contributed by atoms with van der Waals surface area (Å²) in [5.41, 5.74) is 3.06. The monoisotopic (exact) mass is 367 g/mol. The maximum Gasteiger partial charge on any atom is 0.419 e. The van der Waals surface area contributed by atoms with Gasteiger partial charge in [-0.3, -0.25) is 14.2 Å². The van der Waals surface area contributed by atoms with Crippen LogP contribution >= 0.6 is 0 Å². The number of anilines is 1. The number of carbonyl (C=O) groups excluding carboxylic acids is 2. The van der Waals surface area contributed by atoms with Crippen LogP contribution in [0.5, 0.6) is 0 Å². The van der Waals surface area contributed by atoms with Crippen LogP contribution in [0.25, 0.3) is 11.1 Å². The number of aromatic nitrogens is 1. The van der Waals surface area contributed by atoms with E-state index >= 15 is 0 Å². The Kier molecular flexibility index (Phi) is 5.40. The fraction of sp³-hybridized carbons (Fsp3) is 0.250. The third kappa shape index (κ3) is 4.08. The average molecular weight is 367 g/mol. The van der Waals surface area contributed by atoms with Gasteiger partial charge in [-0.2, -0.15) is 0 Å². The first-order valence-corrected chi connectivity index (χ1v) is 8.76. The van der Waals surface area contributed by atoms with Crippen LogP contribution in [-0.2, 0) is 11.3 Å². The highest BCUT2D eigenvalue weighted by molar-refractivity contribution is 5.97. The zero-order valence-electron chi connectivity index (χ0n) is 15.2. The third-order valence-electron chi connectivity index (χ3n) is 4.25. The van der Waals surface area contributed by atoms with Gasteiger partial charge in [0.15, 0.2) is 5.58 Å². The van der Waals surface area contributed by atoms with Crippen molar-refractivity contribution in [2.75, 3.05) is 11.9 Å². The summed E-state index contributed by atoms with van der Waals surface area (Å²) in [6.07, 6.45) is 0.105. The minimum absolute atomic E-state index is 0.105. The first kappa shape index (κ1) is 18.4. The summed E-state index contributed by atoms with van der Waals surface area (Å²) >= 11 is 0. The topological polar surface area (TPSA) is 93.3 Å². The summed E-state index contributed by atoms with van der Waals surface area (Å²) in [5, 5.41) is 5.54. The van der Waals surface area contributed by atoms with Crippen LogP contribution < -0.4 is 16.4 Å². The van der Waals surface area contributed by atoms with Gasteiger partial charge in [-0.25, -0.2) is 4.79 Å². The number of nitrogens with zero attached hydrogens (tertiary/aromatic N) is 1. The van der Waals surface area contributed by atoms with Gasteiger partial charge in [0.05, 0.1) is 5.52 Å². The van der Waals surface area contributed by atoms with Crippen LogP contribution in [0.1, 0.15) is 29.3 Å². The van der Waals surface area contributed by atoms with Crippen molar-refractivity contribution in [3.8, 4) is 0 Å². The van der Waals surface area contributed by atoms with Crippen LogP contribution in [0.3, 0.4) is 0 Å². The van der Waals surface area contributed by atoms with E-state index in [1.165, 1.54) is 4.57 Å². The summed E-state index contributed by atoms with van der Waals surface area (Å²) in [5.74, 6) is -0.925. The number of para-hydroxylation sites is 2. The molecule has 1 heterocycles. The quantitative estimate of drug-likeness (QED) is 0.700. The molecule has 2 aromatic carbocycles. The number of rotatable bonds is 6. The largest absolute Gasteiger partial charge is 0.419 e. The Morgan fingerprint density at radius 3 is 2.70 bits per heavy atom. The molecule has 2 N–H and O–H groups in total. The third-order valence-corrected chi connectivity index (χ3v) is 4.25. The van der Waals surface area contributed by atoms with Gasteiger partial charge < -0.3 is 15.1 Å². The Labute approximate surface area is 156 Å². The second kappa shape index (κ2) is 7.90. The molecule has 140 valence electrons. The number of nitrogens with one attached hydrogen (secondary N) is 2. The lowest BCUT2D eigenvalue weighted by Crippen LogP contribution is -2.23. The summed E-state index contributed by atoms with van der Waals surface area (Å²) in [6.45, 7) is 4.43. The SMILES string of the molecule is CCNC(=O)c1ccc(C)c(NC(=O)CCn2c(=O)oc3ccccc32)c1. The van der Waals surface area contributed by atoms with Gasteiger partial charge in [0.1, 0.15) is 0 Å². The number of benzene rings is 2. The van der Waals surface area contributed by atoms with Crippen LogP contribution in [-0.4, -0.2) is 22.9 Å². The molecule has 0 atom stereocenters. The molecular formula is C20H21N3O4. The molecule has 0 bridgehead atoms. The molecule has 1 aromatic heterocycles. The lowest BCUT2D eigenvalue weighted by atomic mass is 10.1. The highest BCUT2D eigenvalue weighted by Crippen LogP contribution is 2.18. The first-order valence-electron chi connectivity index (χ1n) is 8.76. The lowest BCUT2D eigenvalue weighted by Gasteiger charge is -2.11. The summed E-state index contributed by atoms with van der Waals surface area (Å²) in [4.78, 5) is 36.3. The van der Waals surface area contributed by atoms with Crippen LogP contribution in [0.15, 0.2) is 51.7 Å². The van der Waals surface area contributed by atoms with Crippen molar-refractivity contribution in [1.82, 2.24) is 9.88 Å². The highest BCUT2D eigenvalue weighted by atomic mass is 16.4. The zero-order valence-corrected chi connectivity index (χ0v) is 15.2. The van der Waals surface area contributed by atoms with E-state index in [0.717, 1.165) is 5.56 Å². The molecule has 7 heteroatoms. The van der Waals surface area contributed by atoms with Gasteiger partial charge >= 0.3 is 5.76 Å². The Bertz CT molecular complexity index is 1050. The molecule has 0 spiro atoms. The van der Waals surface area contributed by atoms with Crippen molar-refractivity contribution in [1.29, 1.82) is 0 Å². The summed E-state index contributed by atoms with van der Waals surface area (Å²) in [6, 6.07) is 12.2. The second-order valence-corrected chi connectivity index (χ2v) is 6.17. The van der Waals surface area contributed by atoms with Crippen LogP contribution in [0.2, 0.25) is 0 Å². The van der Waals surface area contributed by atoms with Crippen molar-refractivity contribution in [3.63, 3.8) is 0 Å². The lowest BCUT2D eigenvalue weighted by molar-refractivity contribution is -0.116. The predicted octanol–water partition coefficient (Wildman–Crippen LogP) is 2.68. The Morgan fingerprint density at radius 2 is 1.93 bits per heavy atom. The van der Waals surface area contributed by atoms with Gasteiger partial charge in [-0.05, 0) is 43.7 Å². The zero-order chi connectivity index (χ0) is 19.4. The smallest absolute Gasteiger partial charge is 0.408 e. The van der Waals surface area contributed by atoms with E-state index in [0.29, 0.717) is 28.9 Å². The molecule has 0 fully saturated rings. The molecule has 0 aliphatic rings. The Morgan fingerprint density at radius 1 is 1.15 bits per heavy atom. The molecule has 7 nitrogen and oxygen atoms in total. The van der Waals surface area contributed by atoms with Gasteiger partial charge in [-0.1, -0.05) is 18.2 Å². The van der Waals surface area contributed by atoms with Crippen molar-refractivity contribution in [3.05, 3.63) is 64.1 Å². The van der Waals surface area contributed by atoms with E-state index in [4.69, 9.17) is 4.42 Å². The molecule has 0 saturated heterocycles. The maximum absolute atomic E-state index is 12.4. The van der Waals surface area contributed by atoms with Crippen molar-refractivity contribution in [2.45, 2.75) is 26.8 Å². The van der Waals surface area contributed by atoms with Crippen molar-refractivity contribution >= 4 is 28.6 Å². The standard InChI is InChI=1S/C20H21N3O4/c1-3-21-19(25)14-9-8-13(2)15(12-14)22-18(24)10-11-23-16-6-4-5-7-17(16)27-20(23)26/h4-9,12H,3,10-11H2,1-2H3,(H,21,25)(H,22,24). The fourth-order valence-corrected chi connectivity index (χ4v) is 2.81. The molecule has 0 radical (unpaired) electrons. The summed E-state index contributed by atoms with van der Waals surface area (Å²) in [7, 11) is 0. The van der Waals surface area contributed by atoms with Crippen molar-refractivity contribution < 1.29 is 14.0 Å². The van der Waals surface area contributed by atoms with Crippen molar-refractivity contribution in [2.24, 2.45) is 0 Å². The van der Waals surface area contributed by atoms with Crippen LogP contribution in [0, 0.1) is 6.92 Å². The molecule has 0 saturated carbocycles. The minimum atomic E-state index is -0.488. The van der Waals surface area contributed by atoms with Crippen LogP contribution in [0.4, 0.5) is 5.69 Å². The molecule has 27 heavy (non-hydrogen) atoms. The fourth-order valence-electron chi connectivity index (χ4n) is 2.81. The van der Waals surface area contributed by atoms with E-state index < -0.39 is 5.76 Å². The average Bonchev–Trinajstić information content (AvgIpc) is 2.97. The molecule has 2 amide bonds. The van der Waals surface area contributed by atoms with E-state index in [-0.39, 0.29) is 24.8 Å². The van der Waals surface area contributed by atoms with E-state index in [2.05, 4.69) is 10.6 Å². The molecule has 3 rings (SSSR count). The van der Waals surface area contributed by atoms with E-state index in [1.807, 2.05) is 19.9 Å². The van der Waals surface area contributed by atoms with Gasteiger partial charge in [0, 0.05) is 30.8 Å². The maximum atomic E-state index is 12.4. The van der Waals surface area contributed by atoms with Gasteiger partial charge in [-0.15, -0.1) is 0 Å². The van der Waals surface area contributed by atoms with Gasteiger partial charge in [0.2, 0.25) is 5.91 Å².